The third-order valence-corrected chi connectivity index (χ3v) is 4.50. The molecule has 28 heavy (non-hydrogen) atoms. The number of nitrogens with one attached hydrogen (secondary N) is 1. The Balaban J connectivity index is 1.62. The van der Waals surface area contributed by atoms with Crippen molar-refractivity contribution in [3.05, 3.63) is 47.9 Å². The van der Waals surface area contributed by atoms with Crippen molar-refractivity contribution in [2.24, 2.45) is 0 Å². The number of rotatable bonds is 6. The Morgan fingerprint density at radius 2 is 1.96 bits per heavy atom. The molecule has 0 radical (unpaired) electrons. The van der Waals surface area contributed by atoms with E-state index < -0.39 is 12.5 Å². The maximum Gasteiger partial charge on any atom is 0.387 e. The number of carbonyl (C=O) groups is 2. The minimum atomic E-state index is -3.08. The van der Waals surface area contributed by atoms with Crippen molar-refractivity contribution in [1.29, 1.82) is 0 Å². The smallest absolute Gasteiger partial charge is 0.387 e. The van der Waals surface area contributed by atoms with Gasteiger partial charge in [0.05, 0.1) is 18.9 Å². The molecule has 150 valence electrons. The van der Waals surface area contributed by atoms with E-state index in [-0.39, 0.29) is 34.8 Å². The van der Waals surface area contributed by atoms with Crippen LogP contribution in [0.1, 0.15) is 33.8 Å². The van der Waals surface area contributed by atoms with Gasteiger partial charge in [0.2, 0.25) is 0 Å². The molecule has 0 unspecified atom stereocenters. The lowest BCUT2D eigenvalue weighted by atomic mass is 10.0. The highest BCUT2D eigenvalue weighted by Crippen LogP contribution is 2.32. The molecule has 9 heteroatoms. The van der Waals surface area contributed by atoms with Gasteiger partial charge in [-0.05, 0) is 37.1 Å². The second kappa shape index (κ2) is 8.73. The van der Waals surface area contributed by atoms with Crippen LogP contribution in [0, 0.1) is 0 Å². The van der Waals surface area contributed by atoms with Crippen molar-refractivity contribution in [2.75, 3.05) is 20.2 Å². The number of alkyl halides is 2. The first-order valence-corrected chi connectivity index (χ1v) is 8.75. The summed E-state index contributed by atoms with van der Waals surface area (Å²) in [6.07, 6.45) is 2.51. The molecule has 1 aliphatic heterocycles. The lowest BCUT2D eigenvalue weighted by Crippen LogP contribution is -2.46. The summed E-state index contributed by atoms with van der Waals surface area (Å²) in [5, 5.41) is 2.81. The van der Waals surface area contributed by atoms with E-state index in [2.05, 4.69) is 10.1 Å². The largest absolute Gasteiger partial charge is 0.493 e. The average molecular weight is 394 g/mol. The van der Waals surface area contributed by atoms with E-state index in [9.17, 15) is 18.4 Å². The van der Waals surface area contributed by atoms with Gasteiger partial charge in [0, 0.05) is 19.1 Å². The molecule has 1 aromatic carbocycles. The lowest BCUT2D eigenvalue weighted by molar-refractivity contribution is -0.0515. The number of benzene rings is 1. The van der Waals surface area contributed by atoms with Crippen LogP contribution in [0.5, 0.6) is 11.5 Å². The molecule has 2 amide bonds. The summed E-state index contributed by atoms with van der Waals surface area (Å²) in [5.41, 5.74) is -0.0336. The molecule has 0 spiro atoms. The van der Waals surface area contributed by atoms with Crippen molar-refractivity contribution in [1.82, 2.24) is 10.2 Å². The number of carbonyl (C=O) groups excluding carboxylic acids is 2. The summed E-state index contributed by atoms with van der Waals surface area (Å²) in [6, 6.07) is 7.41. The number of likely N-dealkylation sites (tertiary alicyclic amines) is 1. The van der Waals surface area contributed by atoms with Crippen molar-refractivity contribution < 1.29 is 32.3 Å². The zero-order valence-corrected chi connectivity index (χ0v) is 15.2. The van der Waals surface area contributed by atoms with Crippen LogP contribution in [-0.4, -0.2) is 49.6 Å². The Kier molecular flexibility index (Phi) is 6.13. The molecule has 1 fully saturated rings. The second-order valence-corrected chi connectivity index (χ2v) is 6.23. The lowest BCUT2D eigenvalue weighted by Gasteiger charge is -2.32. The van der Waals surface area contributed by atoms with Gasteiger partial charge in [-0.15, -0.1) is 0 Å². The van der Waals surface area contributed by atoms with E-state index in [0.717, 1.165) is 0 Å². The summed E-state index contributed by atoms with van der Waals surface area (Å²) >= 11 is 0. The van der Waals surface area contributed by atoms with Crippen molar-refractivity contribution in [3.8, 4) is 11.5 Å². The molecule has 1 aliphatic rings. The molecular weight excluding hydrogens is 374 g/mol. The third kappa shape index (κ3) is 4.41. The Hall–Kier alpha value is -3.10. The van der Waals surface area contributed by atoms with Crippen LogP contribution >= 0.6 is 0 Å². The van der Waals surface area contributed by atoms with Crippen LogP contribution in [-0.2, 0) is 0 Å². The quantitative estimate of drug-likeness (QED) is 0.815. The fourth-order valence-electron chi connectivity index (χ4n) is 3.11. The second-order valence-electron chi connectivity index (χ2n) is 6.23. The predicted octanol–water partition coefficient (Wildman–Crippen LogP) is 2.92. The molecule has 2 heterocycles. The van der Waals surface area contributed by atoms with Crippen molar-refractivity contribution >= 4 is 11.8 Å². The van der Waals surface area contributed by atoms with E-state index >= 15 is 0 Å². The molecule has 0 bridgehead atoms. The monoisotopic (exact) mass is 394 g/mol. The number of hydrogen-bond acceptors (Lipinski definition) is 5. The number of ether oxygens (including phenoxy) is 2. The maximum absolute atomic E-state index is 12.7. The van der Waals surface area contributed by atoms with Crippen LogP contribution in [0.2, 0.25) is 0 Å². The first kappa shape index (κ1) is 19.7. The minimum absolute atomic E-state index is 0.0336. The number of hydrogen-bond donors (Lipinski definition) is 1. The number of piperidine rings is 1. The first-order chi connectivity index (χ1) is 13.5. The SMILES string of the molecule is COc1cccc(C(=O)NC2CCN(C(=O)c3ccco3)CC2)c1OC(F)F. The number of amides is 2. The molecule has 0 aliphatic carbocycles. The summed E-state index contributed by atoms with van der Waals surface area (Å²) < 4.78 is 40.1. The standard InChI is InChI=1S/C19H20F2N2O5/c1-26-14-5-2-4-13(16(14)28-19(20)21)17(24)22-12-7-9-23(10-8-12)18(25)15-6-3-11-27-15/h2-6,11-12,19H,7-10H2,1H3,(H,22,24). The van der Waals surface area contributed by atoms with Gasteiger partial charge in [-0.2, -0.15) is 8.78 Å². The molecule has 1 N–H and O–H groups in total. The van der Waals surface area contributed by atoms with Crippen molar-refractivity contribution in [3.63, 3.8) is 0 Å². The van der Waals surface area contributed by atoms with Gasteiger partial charge in [-0.3, -0.25) is 9.59 Å². The van der Waals surface area contributed by atoms with Crippen LogP contribution in [0.4, 0.5) is 8.78 Å². The number of para-hydroxylation sites is 1. The van der Waals surface area contributed by atoms with E-state index in [0.29, 0.717) is 25.9 Å². The van der Waals surface area contributed by atoms with Crippen LogP contribution in [0.25, 0.3) is 0 Å². The number of methoxy groups -OCH3 is 1. The maximum atomic E-state index is 12.7. The Labute approximate surface area is 160 Å². The van der Waals surface area contributed by atoms with Gasteiger partial charge in [-0.1, -0.05) is 6.07 Å². The zero-order chi connectivity index (χ0) is 20.1. The molecular formula is C19H20F2N2O5. The summed E-state index contributed by atoms with van der Waals surface area (Å²) in [4.78, 5) is 26.5. The topological polar surface area (TPSA) is 81.0 Å². The molecule has 3 rings (SSSR count). The zero-order valence-electron chi connectivity index (χ0n) is 15.2. The Morgan fingerprint density at radius 3 is 2.57 bits per heavy atom. The van der Waals surface area contributed by atoms with E-state index in [1.807, 2.05) is 0 Å². The molecule has 0 atom stereocenters. The number of halogens is 2. The van der Waals surface area contributed by atoms with E-state index in [4.69, 9.17) is 9.15 Å². The molecule has 2 aromatic rings. The highest BCUT2D eigenvalue weighted by atomic mass is 19.3. The van der Waals surface area contributed by atoms with Gasteiger partial charge in [0.1, 0.15) is 0 Å². The highest BCUT2D eigenvalue weighted by Gasteiger charge is 2.27. The third-order valence-electron chi connectivity index (χ3n) is 4.50. The molecule has 7 nitrogen and oxygen atoms in total. The number of furan rings is 1. The van der Waals surface area contributed by atoms with E-state index in [1.165, 1.54) is 31.6 Å². The summed E-state index contributed by atoms with van der Waals surface area (Å²) in [6.45, 7) is -2.19. The Bertz CT molecular complexity index is 818. The normalized spacial score (nSPS) is 14.8. The summed E-state index contributed by atoms with van der Waals surface area (Å²) in [5.74, 6) is -0.719. The fourth-order valence-corrected chi connectivity index (χ4v) is 3.11. The molecule has 1 saturated heterocycles. The average Bonchev–Trinajstić information content (AvgIpc) is 3.22. The molecule has 0 saturated carbocycles. The van der Waals surface area contributed by atoms with E-state index in [1.54, 1.807) is 17.0 Å². The predicted molar refractivity (Wildman–Crippen MR) is 94.7 cm³/mol. The van der Waals surface area contributed by atoms with Gasteiger partial charge in [0.15, 0.2) is 17.3 Å². The Morgan fingerprint density at radius 1 is 1.21 bits per heavy atom. The molecule has 1 aromatic heterocycles. The first-order valence-electron chi connectivity index (χ1n) is 8.75. The van der Waals surface area contributed by atoms with Gasteiger partial charge in [-0.25, -0.2) is 0 Å². The van der Waals surface area contributed by atoms with Gasteiger partial charge >= 0.3 is 6.61 Å². The van der Waals surface area contributed by atoms with Gasteiger partial charge < -0.3 is 24.1 Å². The van der Waals surface area contributed by atoms with Crippen molar-refractivity contribution in [2.45, 2.75) is 25.5 Å². The van der Waals surface area contributed by atoms with Crippen LogP contribution in [0.15, 0.2) is 41.0 Å². The van der Waals surface area contributed by atoms with Crippen LogP contribution in [0.3, 0.4) is 0 Å². The van der Waals surface area contributed by atoms with Gasteiger partial charge in [0.25, 0.3) is 11.8 Å². The fraction of sp³-hybridized carbons (Fsp3) is 0.368. The van der Waals surface area contributed by atoms with Crippen LogP contribution < -0.4 is 14.8 Å². The number of nitrogens with zero attached hydrogens (tertiary/aromatic N) is 1. The summed E-state index contributed by atoms with van der Waals surface area (Å²) in [7, 11) is 1.31. The minimum Gasteiger partial charge on any atom is -0.493 e. The highest BCUT2D eigenvalue weighted by molar-refractivity contribution is 5.98.